The molecule has 4 amide bonds. The predicted octanol–water partition coefficient (Wildman–Crippen LogP) is 3.40. The highest BCUT2D eigenvalue weighted by Crippen LogP contribution is 2.41. The number of amides is 4. The Kier molecular flexibility index (Phi) is 8.38. The van der Waals surface area contributed by atoms with E-state index in [1.807, 2.05) is 12.1 Å². The number of carbonyl (C=O) groups excluding carboxylic acids is 4. The Morgan fingerprint density at radius 3 is 2.40 bits per heavy atom. The maximum atomic E-state index is 14.2. The molecule has 0 spiro atoms. The van der Waals surface area contributed by atoms with Gasteiger partial charge in [-0.05, 0) is 49.9 Å². The molecular formula is C33H34N4O8. The van der Waals surface area contributed by atoms with Crippen LogP contribution in [0.25, 0.3) is 0 Å². The second-order valence-corrected chi connectivity index (χ2v) is 11.7. The van der Waals surface area contributed by atoms with E-state index in [-0.39, 0.29) is 31.3 Å². The molecule has 12 heteroatoms. The summed E-state index contributed by atoms with van der Waals surface area (Å²) in [5.41, 5.74) is 2.32. The molecular weight excluding hydrogens is 580 g/mol. The molecule has 0 radical (unpaired) electrons. The lowest BCUT2D eigenvalue weighted by molar-refractivity contribution is -0.153. The van der Waals surface area contributed by atoms with E-state index in [9.17, 15) is 29.1 Å². The van der Waals surface area contributed by atoms with E-state index in [1.54, 1.807) is 42.2 Å². The number of ether oxygens (including phenoxy) is 1. The number of carbonyl (C=O) groups is 5. The van der Waals surface area contributed by atoms with Gasteiger partial charge >= 0.3 is 5.97 Å². The van der Waals surface area contributed by atoms with Gasteiger partial charge in [-0.1, -0.05) is 42.3 Å². The summed E-state index contributed by atoms with van der Waals surface area (Å²) in [5.74, 6) is -3.11. The van der Waals surface area contributed by atoms with Gasteiger partial charge in [0, 0.05) is 18.2 Å². The van der Waals surface area contributed by atoms with Crippen LogP contribution in [0.5, 0.6) is 5.75 Å². The Balaban J connectivity index is 1.29. The maximum absolute atomic E-state index is 14.2. The molecule has 3 aromatic rings. The van der Waals surface area contributed by atoms with Crippen LogP contribution in [0, 0.1) is 18.8 Å². The first-order valence-corrected chi connectivity index (χ1v) is 15.2. The van der Waals surface area contributed by atoms with Gasteiger partial charge in [0.1, 0.15) is 18.1 Å². The molecule has 2 aliphatic heterocycles. The van der Waals surface area contributed by atoms with E-state index in [0.29, 0.717) is 54.0 Å². The Labute approximate surface area is 259 Å². The van der Waals surface area contributed by atoms with Crippen molar-refractivity contribution >= 4 is 29.6 Å². The van der Waals surface area contributed by atoms with Gasteiger partial charge in [-0.3, -0.25) is 28.9 Å². The third kappa shape index (κ3) is 5.79. The SMILES string of the molecule is Cc1cc(C(=O)NCCOc2cccc3c2[C@@H](CN2C(=O)c4ccccc4C2=O)N(C(=O)C2CCCCC2C(=O)O)CC3)no1. The van der Waals surface area contributed by atoms with Crippen LogP contribution in [0.15, 0.2) is 53.1 Å². The van der Waals surface area contributed by atoms with E-state index >= 15 is 0 Å². The van der Waals surface area contributed by atoms with Crippen LogP contribution in [0.3, 0.4) is 0 Å². The molecule has 45 heavy (non-hydrogen) atoms. The van der Waals surface area contributed by atoms with Gasteiger partial charge in [0.15, 0.2) is 5.69 Å². The first-order chi connectivity index (χ1) is 21.7. The fraction of sp³-hybridized carbons (Fsp3) is 0.394. The van der Waals surface area contributed by atoms with E-state index in [4.69, 9.17) is 9.26 Å². The summed E-state index contributed by atoms with van der Waals surface area (Å²) in [7, 11) is 0. The monoisotopic (exact) mass is 614 g/mol. The lowest BCUT2D eigenvalue weighted by Gasteiger charge is -2.42. The number of hydrogen-bond donors (Lipinski definition) is 2. The van der Waals surface area contributed by atoms with E-state index in [2.05, 4.69) is 10.5 Å². The normalized spacial score (nSPS) is 20.9. The van der Waals surface area contributed by atoms with Gasteiger partial charge in [0.2, 0.25) is 5.91 Å². The zero-order valence-corrected chi connectivity index (χ0v) is 24.9. The molecule has 2 N–H and O–H groups in total. The number of carboxylic acid groups (broad SMARTS) is 1. The third-order valence-corrected chi connectivity index (χ3v) is 8.91. The second kappa shape index (κ2) is 12.5. The van der Waals surface area contributed by atoms with Gasteiger partial charge in [-0.15, -0.1) is 0 Å². The number of nitrogens with zero attached hydrogens (tertiary/aromatic N) is 3. The molecule has 2 aromatic carbocycles. The minimum atomic E-state index is -0.991. The molecule has 0 saturated heterocycles. The molecule has 3 aliphatic rings. The van der Waals surface area contributed by atoms with Crippen molar-refractivity contribution in [1.82, 2.24) is 20.3 Å². The number of aromatic nitrogens is 1. The zero-order valence-electron chi connectivity index (χ0n) is 24.9. The van der Waals surface area contributed by atoms with E-state index < -0.39 is 41.6 Å². The van der Waals surface area contributed by atoms with Crippen molar-refractivity contribution in [3.8, 4) is 5.75 Å². The number of imide groups is 1. The summed E-state index contributed by atoms with van der Waals surface area (Å²) in [6, 6.07) is 12.9. The average molecular weight is 615 g/mol. The number of hydrogen-bond acceptors (Lipinski definition) is 8. The first-order valence-electron chi connectivity index (χ1n) is 15.2. The van der Waals surface area contributed by atoms with Crippen LogP contribution in [-0.4, -0.2) is 75.9 Å². The maximum Gasteiger partial charge on any atom is 0.307 e. The molecule has 12 nitrogen and oxygen atoms in total. The number of rotatable bonds is 9. The fourth-order valence-corrected chi connectivity index (χ4v) is 6.72. The van der Waals surface area contributed by atoms with Crippen LogP contribution in [0.2, 0.25) is 0 Å². The van der Waals surface area contributed by atoms with Crippen molar-refractivity contribution in [1.29, 1.82) is 0 Å². The van der Waals surface area contributed by atoms with Crippen molar-refractivity contribution < 1.29 is 38.3 Å². The molecule has 2 unspecified atom stereocenters. The molecule has 0 bridgehead atoms. The topological polar surface area (TPSA) is 159 Å². The summed E-state index contributed by atoms with van der Waals surface area (Å²) in [4.78, 5) is 68.4. The minimum absolute atomic E-state index is 0.0937. The van der Waals surface area contributed by atoms with Crippen LogP contribution >= 0.6 is 0 Å². The lowest BCUT2D eigenvalue weighted by atomic mass is 9.77. The van der Waals surface area contributed by atoms with Gasteiger partial charge in [0.05, 0.1) is 42.1 Å². The highest BCUT2D eigenvalue weighted by atomic mass is 16.5. The summed E-state index contributed by atoms with van der Waals surface area (Å²) in [6.07, 6.45) is 2.87. The van der Waals surface area contributed by atoms with Crippen molar-refractivity contribution in [2.45, 2.75) is 45.1 Å². The van der Waals surface area contributed by atoms with Gasteiger partial charge in [-0.2, -0.15) is 0 Å². The highest BCUT2D eigenvalue weighted by Gasteiger charge is 2.45. The van der Waals surface area contributed by atoms with Crippen molar-refractivity contribution in [3.63, 3.8) is 0 Å². The fourth-order valence-electron chi connectivity index (χ4n) is 6.72. The van der Waals surface area contributed by atoms with Crippen molar-refractivity contribution in [2.24, 2.45) is 11.8 Å². The lowest BCUT2D eigenvalue weighted by Crippen LogP contribution is -2.50. The van der Waals surface area contributed by atoms with Gasteiger partial charge in [-0.25, -0.2) is 0 Å². The van der Waals surface area contributed by atoms with E-state index in [1.165, 1.54) is 6.07 Å². The molecule has 234 valence electrons. The van der Waals surface area contributed by atoms with Crippen molar-refractivity contribution in [2.75, 3.05) is 26.2 Å². The molecule has 1 fully saturated rings. The quantitative estimate of drug-likeness (QED) is 0.272. The molecule has 3 heterocycles. The second-order valence-electron chi connectivity index (χ2n) is 11.7. The van der Waals surface area contributed by atoms with Crippen LogP contribution < -0.4 is 10.1 Å². The standard InChI is InChI=1S/C33H34N4O8/c1-19-17-25(35-45-19)29(38)34-14-16-44-27-12-6-7-20-13-15-36(30(39)23-10-4-5-11-24(23)33(42)43)26(28(20)27)18-37-31(40)21-8-2-3-9-22(21)32(37)41/h2-3,6-9,12,17,23-24,26H,4-5,10-11,13-16,18H2,1H3,(H,34,38)(H,42,43)/t23?,24?,26-/m1/s1. The number of carboxylic acids is 1. The largest absolute Gasteiger partial charge is 0.491 e. The smallest absolute Gasteiger partial charge is 0.307 e. The molecule has 3 atom stereocenters. The summed E-state index contributed by atoms with van der Waals surface area (Å²) in [6.45, 7) is 2.13. The van der Waals surface area contributed by atoms with Gasteiger partial charge in [0.25, 0.3) is 17.7 Å². The predicted molar refractivity (Wildman–Crippen MR) is 159 cm³/mol. The third-order valence-electron chi connectivity index (χ3n) is 8.91. The summed E-state index contributed by atoms with van der Waals surface area (Å²) >= 11 is 0. The number of aryl methyl sites for hydroxylation is 1. The summed E-state index contributed by atoms with van der Waals surface area (Å²) in [5, 5.41) is 16.4. The van der Waals surface area contributed by atoms with Crippen molar-refractivity contribution in [3.05, 3.63) is 82.2 Å². The Morgan fingerprint density at radius 2 is 1.73 bits per heavy atom. The van der Waals surface area contributed by atoms with Crippen LogP contribution in [0.4, 0.5) is 0 Å². The van der Waals surface area contributed by atoms with Crippen LogP contribution in [0.1, 0.15) is 79.8 Å². The molecule has 1 aromatic heterocycles. The molecule has 6 rings (SSSR count). The zero-order chi connectivity index (χ0) is 31.7. The van der Waals surface area contributed by atoms with E-state index in [0.717, 1.165) is 23.3 Å². The molecule has 1 aliphatic carbocycles. The Bertz CT molecular complexity index is 1630. The number of aliphatic carboxylic acids is 1. The summed E-state index contributed by atoms with van der Waals surface area (Å²) < 4.78 is 11.1. The number of fused-ring (bicyclic) bond motifs is 2. The average Bonchev–Trinajstić information content (AvgIpc) is 3.59. The van der Waals surface area contributed by atoms with Crippen LogP contribution in [-0.2, 0) is 16.0 Å². The Hall–Kier alpha value is -5.00. The van der Waals surface area contributed by atoms with Gasteiger partial charge < -0.3 is 24.6 Å². The molecule has 1 saturated carbocycles. The Morgan fingerprint density at radius 1 is 1.02 bits per heavy atom. The first kappa shape index (κ1) is 30.0. The number of benzene rings is 2. The minimum Gasteiger partial charge on any atom is -0.491 e. The number of nitrogens with one attached hydrogen (secondary N) is 1. The highest BCUT2D eigenvalue weighted by molar-refractivity contribution is 6.21.